The van der Waals surface area contributed by atoms with Crippen LogP contribution < -0.4 is 0 Å². The molecule has 0 amide bonds. The summed E-state index contributed by atoms with van der Waals surface area (Å²) in [4.78, 5) is 2.08. The van der Waals surface area contributed by atoms with Crippen LogP contribution in [0.5, 0.6) is 0 Å². The molecule has 1 rings (SSSR count). The van der Waals surface area contributed by atoms with Crippen molar-refractivity contribution in [1.82, 2.24) is 4.90 Å². The molecule has 0 aromatic heterocycles. The first kappa shape index (κ1) is 15.9. The monoisotopic (exact) mass is 259 g/mol. The number of ether oxygens (including phenoxy) is 1. The first-order valence-electron chi connectivity index (χ1n) is 7.29. The maximum atomic E-state index is 9.94. The molecule has 4 nitrogen and oxygen atoms in total. The molecule has 108 valence electrons. The quantitative estimate of drug-likeness (QED) is 0.647. The molecule has 4 heteroatoms. The Hall–Kier alpha value is -0.160. The maximum absolute atomic E-state index is 9.94. The Kier molecular flexibility index (Phi) is 7.82. The van der Waals surface area contributed by atoms with Gasteiger partial charge in [0.05, 0.1) is 18.8 Å². The van der Waals surface area contributed by atoms with E-state index in [9.17, 15) is 10.2 Å². The number of aliphatic hydroxyl groups excluding tert-OH is 2. The molecule has 0 aromatic rings. The van der Waals surface area contributed by atoms with Crippen LogP contribution in [-0.2, 0) is 4.74 Å². The van der Waals surface area contributed by atoms with Crippen molar-refractivity contribution in [2.75, 3.05) is 26.8 Å². The lowest BCUT2D eigenvalue weighted by Crippen LogP contribution is -2.46. The van der Waals surface area contributed by atoms with Gasteiger partial charge in [-0.2, -0.15) is 0 Å². The number of nitrogens with zero attached hydrogens (tertiary/aromatic N) is 1. The molecular formula is C14H29NO3. The summed E-state index contributed by atoms with van der Waals surface area (Å²) in [5, 5.41) is 19.8. The molecule has 1 aliphatic rings. The average molecular weight is 259 g/mol. The van der Waals surface area contributed by atoms with Gasteiger partial charge in [-0.05, 0) is 26.3 Å². The van der Waals surface area contributed by atoms with Crippen molar-refractivity contribution >= 4 is 0 Å². The molecule has 1 fully saturated rings. The Balaban J connectivity index is 2.19. The lowest BCUT2D eigenvalue weighted by Gasteiger charge is -2.36. The zero-order valence-electron chi connectivity index (χ0n) is 11.8. The largest absolute Gasteiger partial charge is 0.391 e. The summed E-state index contributed by atoms with van der Waals surface area (Å²) in [5.74, 6) is 0. The number of rotatable bonds is 8. The Morgan fingerprint density at radius 1 is 1.33 bits per heavy atom. The summed E-state index contributed by atoms with van der Waals surface area (Å²) < 4.78 is 5.41. The fourth-order valence-corrected chi connectivity index (χ4v) is 2.59. The van der Waals surface area contributed by atoms with Gasteiger partial charge in [-0.25, -0.2) is 0 Å². The van der Waals surface area contributed by atoms with Crippen LogP contribution in [0.2, 0.25) is 0 Å². The van der Waals surface area contributed by atoms with Crippen LogP contribution in [0, 0.1) is 0 Å². The van der Waals surface area contributed by atoms with Crippen LogP contribution in [0.15, 0.2) is 0 Å². The van der Waals surface area contributed by atoms with E-state index in [0.717, 1.165) is 38.7 Å². The van der Waals surface area contributed by atoms with Crippen LogP contribution in [0.4, 0.5) is 0 Å². The third-order valence-electron chi connectivity index (χ3n) is 3.71. The number of hydrogen-bond acceptors (Lipinski definition) is 4. The normalized spacial score (nSPS) is 26.5. The third kappa shape index (κ3) is 5.65. The van der Waals surface area contributed by atoms with Gasteiger partial charge in [0.25, 0.3) is 0 Å². The van der Waals surface area contributed by atoms with Crippen LogP contribution >= 0.6 is 0 Å². The zero-order chi connectivity index (χ0) is 13.4. The van der Waals surface area contributed by atoms with E-state index in [1.165, 1.54) is 6.42 Å². The Morgan fingerprint density at radius 2 is 2.06 bits per heavy atom. The van der Waals surface area contributed by atoms with Crippen LogP contribution in [0.1, 0.15) is 45.4 Å². The standard InChI is InChI=1S/C14H29NO3/c1-3-4-9-18-11-12(16)10-15(2)13-7-5-6-8-14(13)17/h12-14,16-17H,3-11H2,1-2H3. The summed E-state index contributed by atoms with van der Waals surface area (Å²) in [5.41, 5.74) is 0. The minimum absolute atomic E-state index is 0.198. The molecule has 18 heavy (non-hydrogen) atoms. The first-order valence-corrected chi connectivity index (χ1v) is 7.29. The van der Waals surface area contributed by atoms with E-state index in [4.69, 9.17) is 4.74 Å². The molecule has 3 unspecified atom stereocenters. The summed E-state index contributed by atoms with van der Waals surface area (Å²) >= 11 is 0. The summed E-state index contributed by atoms with van der Waals surface area (Å²) in [6.07, 6.45) is 5.68. The zero-order valence-corrected chi connectivity index (χ0v) is 11.8. The molecule has 2 N–H and O–H groups in total. The van der Waals surface area contributed by atoms with Crippen molar-refractivity contribution in [1.29, 1.82) is 0 Å². The summed E-state index contributed by atoms with van der Waals surface area (Å²) in [7, 11) is 1.98. The fourth-order valence-electron chi connectivity index (χ4n) is 2.59. The molecular weight excluding hydrogens is 230 g/mol. The van der Waals surface area contributed by atoms with Crippen molar-refractivity contribution < 1.29 is 14.9 Å². The predicted octanol–water partition coefficient (Wildman–Crippen LogP) is 1.40. The Labute approximate surface area is 111 Å². The second-order valence-corrected chi connectivity index (χ2v) is 5.44. The van der Waals surface area contributed by atoms with Crippen molar-refractivity contribution in [3.63, 3.8) is 0 Å². The minimum atomic E-state index is -0.457. The Bertz CT molecular complexity index is 213. The van der Waals surface area contributed by atoms with Crippen LogP contribution in [-0.4, -0.2) is 60.2 Å². The maximum Gasteiger partial charge on any atom is 0.0900 e. The molecule has 0 heterocycles. The van der Waals surface area contributed by atoms with Gasteiger partial charge < -0.3 is 14.9 Å². The molecule has 1 aliphatic carbocycles. The van der Waals surface area contributed by atoms with Gasteiger partial charge >= 0.3 is 0 Å². The van der Waals surface area contributed by atoms with E-state index >= 15 is 0 Å². The van der Waals surface area contributed by atoms with Gasteiger partial charge in [0.15, 0.2) is 0 Å². The second-order valence-electron chi connectivity index (χ2n) is 5.44. The van der Waals surface area contributed by atoms with E-state index in [0.29, 0.717) is 13.2 Å². The third-order valence-corrected chi connectivity index (χ3v) is 3.71. The molecule has 0 spiro atoms. The van der Waals surface area contributed by atoms with Gasteiger partial charge in [0.1, 0.15) is 0 Å². The highest BCUT2D eigenvalue weighted by atomic mass is 16.5. The Morgan fingerprint density at radius 3 is 2.72 bits per heavy atom. The second kappa shape index (κ2) is 8.86. The molecule has 3 atom stereocenters. The molecule has 0 bridgehead atoms. The SMILES string of the molecule is CCCCOCC(O)CN(C)C1CCCCC1O. The smallest absolute Gasteiger partial charge is 0.0900 e. The number of unbranched alkanes of at least 4 members (excludes halogenated alkanes) is 1. The van der Waals surface area contributed by atoms with E-state index < -0.39 is 6.10 Å². The van der Waals surface area contributed by atoms with Gasteiger partial charge in [0, 0.05) is 19.2 Å². The van der Waals surface area contributed by atoms with Gasteiger partial charge in [-0.3, -0.25) is 4.90 Å². The minimum Gasteiger partial charge on any atom is -0.391 e. The lowest BCUT2D eigenvalue weighted by molar-refractivity contribution is -0.0157. The number of hydrogen-bond donors (Lipinski definition) is 2. The average Bonchev–Trinajstić information content (AvgIpc) is 2.35. The summed E-state index contributed by atoms with van der Waals surface area (Å²) in [6, 6.07) is 0.198. The van der Waals surface area contributed by atoms with Gasteiger partial charge in [-0.1, -0.05) is 26.2 Å². The highest BCUT2D eigenvalue weighted by Gasteiger charge is 2.27. The topological polar surface area (TPSA) is 52.9 Å². The van der Waals surface area contributed by atoms with Crippen LogP contribution in [0.25, 0.3) is 0 Å². The lowest BCUT2D eigenvalue weighted by atomic mass is 9.91. The highest BCUT2D eigenvalue weighted by Crippen LogP contribution is 2.22. The van der Waals surface area contributed by atoms with Crippen molar-refractivity contribution in [2.45, 2.75) is 63.7 Å². The van der Waals surface area contributed by atoms with Gasteiger partial charge in [-0.15, -0.1) is 0 Å². The van der Waals surface area contributed by atoms with E-state index in [2.05, 4.69) is 11.8 Å². The molecule has 0 saturated heterocycles. The molecule has 0 aromatic carbocycles. The van der Waals surface area contributed by atoms with Crippen molar-refractivity contribution in [3.8, 4) is 0 Å². The van der Waals surface area contributed by atoms with Crippen molar-refractivity contribution in [2.24, 2.45) is 0 Å². The van der Waals surface area contributed by atoms with E-state index in [-0.39, 0.29) is 12.1 Å². The molecule has 1 saturated carbocycles. The molecule has 0 aliphatic heterocycles. The first-order chi connectivity index (χ1) is 8.65. The van der Waals surface area contributed by atoms with E-state index in [1.807, 2.05) is 7.05 Å². The molecule has 0 radical (unpaired) electrons. The number of likely N-dealkylation sites (N-methyl/N-ethyl adjacent to an activating group) is 1. The highest BCUT2D eigenvalue weighted by molar-refractivity contribution is 4.82. The summed E-state index contributed by atoms with van der Waals surface area (Å²) in [6.45, 7) is 3.82. The predicted molar refractivity (Wildman–Crippen MR) is 72.6 cm³/mol. The number of aliphatic hydroxyl groups is 2. The van der Waals surface area contributed by atoms with E-state index in [1.54, 1.807) is 0 Å². The van der Waals surface area contributed by atoms with Gasteiger partial charge in [0.2, 0.25) is 0 Å². The van der Waals surface area contributed by atoms with Crippen LogP contribution in [0.3, 0.4) is 0 Å². The fraction of sp³-hybridized carbons (Fsp3) is 1.00. The van der Waals surface area contributed by atoms with Crippen molar-refractivity contribution in [3.05, 3.63) is 0 Å².